The summed E-state index contributed by atoms with van der Waals surface area (Å²) in [7, 11) is 0. The summed E-state index contributed by atoms with van der Waals surface area (Å²) in [5.74, 6) is -0.843. The van der Waals surface area contributed by atoms with Crippen molar-refractivity contribution >= 4 is 28.7 Å². The number of H-pyrrole nitrogens is 1. The number of aliphatic carboxylic acids is 1. The third kappa shape index (κ3) is 4.22. The van der Waals surface area contributed by atoms with Crippen molar-refractivity contribution in [1.82, 2.24) is 14.8 Å². The summed E-state index contributed by atoms with van der Waals surface area (Å²) < 4.78 is 0. The topological polar surface area (TPSA) is 93.7 Å². The van der Waals surface area contributed by atoms with Gasteiger partial charge in [0, 0.05) is 49.9 Å². The summed E-state index contributed by atoms with van der Waals surface area (Å²) in [6, 6.07) is 9.62. The zero-order chi connectivity index (χ0) is 18.5. The van der Waals surface area contributed by atoms with Crippen LogP contribution in [0.5, 0.6) is 0 Å². The summed E-state index contributed by atoms with van der Waals surface area (Å²) >= 11 is 0. The molecule has 1 aliphatic rings. The van der Waals surface area contributed by atoms with E-state index >= 15 is 0 Å². The first-order valence-electron chi connectivity index (χ1n) is 8.91. The van der Waals surface area contributed by atoms with Crippen molar-refractivity contribution in [2.75, 3.05) is 26.2 Å². The lowest BCUT2D eigenvalue weighted by molar-refractivity contribution is -0.137. The van der Waals surface area contributed by atoms with E-state index < -0.39 is 5.97 Å². The number of carbonyl (C=O) groups excluding carboxylic acids is 2. The number of carboxylic acids is 1. The average Bonchev–Trinajstić information content (AvgIpc) is 3.08. The Labute approximate surface area is 151 Å². The van der Waals surface area contributed by atoms with Gasteiger partial charge in [-0.2, -0.15) is 0 Å². The van der Waals surface area contributed by atoms with E-state index in [9.17, 15) is 14.4 Å². The molecule has 0 unspecified atom stereocenters. The second-order valence-corrected chi connectivity index (χ2v) is 6.54. The fraction of sp³-hybridized carbons (Fsp3) is 0.421. The summed E-state index contributed by atoms with van der Waals surface area (Å²) in [6.07, 6.45) is 1.56. The number of piperazine rings is 1. The maximum atomic E-state index is 12.7. The smallest absolute Gasteiger partial charge is 0.303 e. The molecule has 7 heteroatoms. The number of carboxylic acid groups (broad SMARTS) is 1. The highest BCUT2D eigenvalue weighted by molar-refractivity contribution is 5.98. The third-order valence-corrected chi connectivity index (χ3v) is 4.71. The summed E-state index contributed by atoms with van der Waals surface area (Å²) in [5.41, 5.74) is 1.51. The van der Waals surface area contributed by atoms with Gasteiger partial charge in [-0.05, 0) is 25.0 Å². The normalized spacial score (nSPS) is 14.6. The molecule has 1 aromatic heterocycles. The highest BCUT2D eigenvalue weighted by Crippen LogP contribution is 2.17. The first-order chi connectivity index (χ1) is 12.5. The number of benzene rings is 1. The minimum atomic E-state index is -0.832. The Hall–Kier alpha value is -2.83. The van der Waals surface area contributed by atoms with Gasteiger partial charge in [0.15, 0.2) is 0 Å². The van der Waals surface area contributed by atoms with Crippen LogP contribution in [0.1, 0.15) is 36.2 Å². The molecule has 26 heavy (non-hydrogen) atoms. The molecule has 1 aliphatic heterocycles. The molecule has 0 saturated carbocycles. The molecule has 0 aliphatic carbocycles. The fourth-order valence-corrected chi connectivity index (χ4v) is 3.23. The molecule has 3 rings (SSSR count). The maximum Gasteiger partial charge on any atom is 0.303 e. The number of amides is 2. The highest BCUT2D eigenvalue weighted by atomic mass is 16.4. The third-order valence-electron chi connectivity index (χ3n) is 4.71. The van der Waals surface area contributed by atoms with Crippen LogP contribution < -0.4 is 0 Å². The van der Waals surface area contributed by atoms with Crippen molar-refractivity contribution < 1.29 is 19.5 Å². The van der Waals surface area contributed by atoms with Gasteiger partial charge in [-0.1, -0.05) is 18.2 Å². The molecular formula is C19H23N3O4. The van der Waals surface area contributed by atoms with Crippen LogP contribution in [0.3, 0.4) is 0 Å². The number of hydrogen-bond acceptors (Lipinski definition) is 3. The molecule has 7 nitrogen and oxygen atoms in total. The first kappa shape index (κ1) is 18.0. The Balaban J connectivity index is 1.49. The fourth-order valence-electron chi connectivity index (χ4n) is 3.23. The van der Waals surface area contributed by atoms with E-state index in [1.807, 2.05) is 30.3 Å². The number of nitrogens with one attached hydrogen (secondary N) is 1. The van der Waals surface area contributed by atoms with Crippen molar-refractivity contribution in [2.24, 2.45) is 0 Å². The van der Waals surface area contributed by atoms with E-state index in [0.717, 1.165) is 10.9 Å². The van der Waals surface area contributed by atoms with E-state index in [1.54, 1.807) is 9.80 Å². The standard InChI is InChI=1S/C19H23N3O4/c23-17(7-3-4-8-18(24)25)21-9-11-22(12-10-21)19(26)16-13-14-5-1-2-6-15(14)20-16/h1-2,5-6,13,20H,3-4,7-12H2,(H,24,25). The molecule has 0 atom stereocenters. The molecular weight excluding hydrogens is 334 g/mol. The Bertz CT molecular complexity index is 773. The molecule has 2 heterocycles. The zero-order valence-corrected chi connectivity index (χ0v) is 14.6. The van der Waals surface area contributed by atoms with Gasteiger partial charge < -0.3 is 19.9 Å². The molecule has 0 spiro atoms. The van der Waals surface area contributed by atoms with Crippen molar-refractivity contribution in [3.05, 3.63) is 36.0 Å². The zero-order valence-electron chi connectivity index (χ0n) is 14.6. The Kier molecular flexibility index (Phi) is 5.55. The largest absolute Gasteiger partial charge is 0.481 e. The lowest BCUT2D eigenvalue weighted by Crippen LogP contribution is -2.50. The van der Waals surface area contributed by atoms with Crippen molar-refractivity contribution in [3.8, 4) is 0 Å². The van der Waals surface area contributed by atoms with Gasteiger partial charge in [0.1, 0.15) is 5.69 Å². The molecule has 0 radical (unpaired) electrons. The lowest BCUT2D eigenvalue weighted by atomic mass is 10.1. The number of fused-ring (bicyclic) bond motifs is 1. The lowest BCUT2D eigenvalue weighted by Gasteiger charge is -2.34. The summed E-state index contributed by atoms with van der Waals surface area (Å²) in [6.45, 7) is 2.05. The van der Waals surface area contributed by atoms with Gasteiger partial charge >= 0.3 is 5.97 Å². The van der Waals surface area contributed by atoms with Crippen LogP contribution in [0.4, 0.5) is 0 Å². The molecule has 1 saturated heterocycles. The average molecular weight is 357 g/mol. The number of para-hydroxylation sites is 1. The van der Waals surface area contributed by atoms with Crippen LogP contribution >= 0.6 is 0 Å². The Morgan fingerprint density at radius 3 is 2.31 bits per heavy atom. The van der Waals surface area contributed by atoms with E-state index in [0.29, 0.717) is 51.1 Å². The van der Waals surface area contributed by atoms with Crippen LogP contribution in [0, 0.1) is 0 Å². The number of aromatic nitrogens is 1. The number of aromatic amines is 1. The molecule has 0 bridgehead atoms. The number of unbranched alkanes of at least 4 members (excludes halogenated alkanes) is 1. The van der Waals surface area contributed by atoms with E-state index in [1.165, 1.54) is 0 Å². The quantitative estimate of drug-likeness (QED) is 0.774. The van der Waals surface area contributed by atoms with Gasteiger partial charge in [-0.3, -0.25) is 14.4 Å². The first-order valence-corrected chi connectivity index (χ1v) is 8.91. The second kappa shape index (κ2) is 8.03. The number of rotatable bonds is 6. The van der Waals surface area contributed by atoms with Gasteiger partial charge in [0.05, 0.1) is 0 Å². The number of carbonyl (C=O) groups is 3. The second-order valence-electron chi connectivity index (χ2n) is 6.54. The van der Waals surface area contributed by atoms with Gasteiger partial charge in [0.2, 0.25) is 5.91 Å². The monoisotopic (exact) mass is 357 g/mol. The van der Waals surface area contributed by atoms with Crippen LogP contribution in [-0.2, 0) is 9.59 Å². The predicted octanol–water partition coefficient (Wildman–Crippen LogP) is 2.10. The van der Waals surface area contributed by atoms with Crippen LogP contribution in [0.25, 0.3) is 10.9 Å². The van der Waals surface area contributed by atoms with Gasteiger partial charge in [-0.25, -0.2) is 0 Å². The van der Waals surface area contributed by atoms with Gasteiger partial charge in [-0.15, -0.1) is 0 Å². The molecule has 138 valence electrons. The minimum Gasteiger partial charge on any atom is -0.481 e. The maximum absolute atomic E-state index is 12.7. The minimum absolute atomic E-state index is 0.0353. The van der Waals surface area contributed by atoms with E-state index in [2.05, 4.69) is 4.98 Å². The SMILES string of the molecule is O=C(O)CCCCC(=O)N1CCN(C(=O)c2cc3ccccc3[nH]2)CC1. The van der Waals surface area contributed by atoms with Crippen LogP contribution in [0.2, 0.25) is 0 Å². The molecule has 1 aromatic carbocycles. The summed E-state index contributed by atoms with van der Waals surface area (Å²) in [4.78, 5) is 42.0. The Morgan fingerprint density at radius 2 is 1.62 bits per heavy atom. The van der Waals surface area contributed by atoms with Crippen molar-refractivity contribution in [3.63, 3.8) is 0 Å². The predicted molar refractivity (Wildman–Crippen MR) is 96.9 cm³/mol. The van der Waals surface area contributed by atoms with E-state index in [4.69, 9.17) is 5.11 Å². The van der Waals surface area contributed by atoms with Crippen LogP contribution in [0.15, 0.2) is 30.3 Å². The van der Waals surface area contributed by atoms with E-state index in [-0.39, 0.29) is 18.2 Å². The highest BCUT2D eigenvalue weighted by Gasteiger charge is 2.25. The van der Waals surface area contributed by atoms with Gasteiger partial charge in [0.25, 0.3) is 5.91 Å². The number of hydrogen-bond donors (Lipinski definition) is 2. The summed E-state index contributed by atoms with van der Waals surface area (Å²) in [5, 5.41) is 9.62. The molecule has 2 aromatic rings. The molecule has 2 amide bonds. The van der Waals surface area contributed by atoms with Crippen molar-refractivity contribution in [1.29, 1.82) is 0 Å². The van der Waals surface area contributed by atoms with Crippen LogP contribution in [-0.4, -0.2) is 63.9 Å². The Morgan fingerprint density at radius 1 is 0.962 bits per heavy atom. The molecule has 1 fully saturated rings. The number of nitrogens with zero attached hydrogens (tertiary/aromatic N) is 2. The van der Waals surface area contributed by atoms with Crippen molar-refractivity contribution in [2.45, 2.75) is 25.7 Å². The molecule has 2 N–H and O–H groups in total.